The number of Topliss-reactive ketones (excluding diaryl/α,β-unsaturated/α-hetero) is 3. The zero-order valence-electron chi connectivity index (χ0n) is 76.2. The van der Waals surface area contributed by atoms with Crippen LogP contribution in [0.5, 0.6) is 0 Å². The summed E-state index contributed by atoms with van der Waals surface area (Å²) >= 11 is 14.7. The van der Waals surface area contributed by atoms with E-state index in [4.69, 9.17) is 9.31 Å². The lowest BCUT2D eigenvalue weighted by atomic mass is 9.88. The molecule has 13 N–H and O–H groups in total. The zero-order valence-corrected chi connectivity index (χ0v) is 84.2. The number of carbonyl (C=O) groups is 3. The molecule has 0 bridgehead atoms. The highest BCUT2D eigenvalue weighted by molar-refractivity contribution is 9.11. The van der Waals surface area contributed by atoms with Gasteiger partial charge in [-0.1, -0.05) is 6.07 Å². The standard InChI is InChI=1S/3C16H16FN5OS.C16H14FN5OS.C12H17BO3S.C10H9BrFN5.C6H5BrOS/c4*1-8(23)12-4-5-13(24-12)16-18-7-10(17)15(20-16)19-14-6-11(21-22-14)9-2-3-9;1-8(14)9-6-7-10(17-9)13-15-11(2,3)12(4,5)16-13;11-10-13-4-6(12)9(15-10)14-8-3-7(16-17-8)5-1-2-5;1-4(8)5-2-3-6(7)9-5/h3*4-9,23H,2-3H2,1H3,(H2,18,19,20,21,22);4-7,9H,2-3H2,1H3,(H2,18,19,20,21,22);6-7H,1-5H3;3-5H,1-2H2,(H2,13,14,15,16,17);2-3H,1H3/t2*8-;;;;;/m10...../s1. The van der Waals surface area contributed by atoms with E-state index in [-0.39, 0.29) is 64.8 Å². The number of rotatable bonds is 26. The summed E-state index contributed by atoms with van der Waals surface area (Å²) in [5, 5.41) is 78.7. The normalized spacial score (nSPS) is 15.5. The molecular formula is C92H93BBr2F5N25O8S6. The summed E-state index contributed by atoms with van der Waals surface area (Å²) in [6.45, 7) is 17.8. The van der Waals surface area contributed by atoms with Gasteiger partial charge >= 0.3 is 7.12 Å². The molecule has 139 heavy (non-hydrogen) atoms. The van der Waals surface area contributed by atoms with E-state index in [1.165, 1.54) is 87.8 Å². The van der Waals surface area contributed by atoms with E-state index in [1.807, 2.05) is 119 Å². The molecule has 0 radical (unpaired) electrons. The third-order valence-corrected chi connectivity index (χ3v) is 30.6. The van der Waals surface area contributed by atoms with Crippen LogP contribution in [0, 0.1) is 29.1 Å². The lowest BCUT2D eigenvalue weighted by Gasteiger charge is -2.32. The number of carbonyl (C=O) groups excluding carboxylic acids is 3. The molecule has 1 aliphatic heterocycles. The molecular weight excluding hydrogens is 2040 g/mol. The second-order valence-corrected chi connectivity index (χ2v) is 43.0. The van der Waals surface area contributed by atoms with Crippen LogP contribution in [0.25, 0.3) is 42.8 Å². The van der Waals surface area contributed by atoms with Crippen LogP contribution in [0.3, 0.4) is 0 Å². The maximum Gasteiger partial charge on any atom is 0.505 e. The number of anilines is 10. The van der Waals surface area contributed by atoms with Gasteiger partial charge in [0, 0.05) is 108 Å². The topological polar surface area (TPSA) is 463 Å². The van der Waals surface area contributed by atoms with E-state index >= 15 is 0 Å². The van der Waals surface area contributed by atoms with E-state index in [2.05, 4.69) is 159 Å². The van der Waals surface area contributed by atoms with Crippen LogP contribution >= 0.6 is 99.9 Å². The van der Waals surface area contributed by atoms with Crippen molar-refractivity contribution in [3.05, 3.63) is 229 Å². The molecule has 5 saturated carbocycles. The maximum atomic E-state index is 14.0. The zero-order chi connectivity index (χ0) is 98.3. The number of hydrogen-bond acceptors (Lipinski definition) is 34. The van der Waals surface area contributed by atoms with Crippen molar-refractivity contribution in [2.75, 3.05) is 26.6 Å². The summed E-state index contributed by atoms with van der Waals surface area (Å²) in [4.78, 5) is 81.7. The number of ketones is 3. The first-order chi connectivity index (χ1) is 66.5. The van der Waals surface area contributed by atoms with Crippen molar-refractivity contribution in [1.29, 1.82) is 0 Å². The fraction of sp³-hybridized carbons (Fsp3) is 0.326. The van der Waals surface area contributed by atoms with Crippen LogP contribution < -0.4 is 31.4 Å². The molecule has 6 aliphatic rings. The molecule has 3 atom stereocenters. The van der Waals surface area contributed by atoms with Gasteiger partial charge in [0.05, 0.1) is 98.4 Å². The van der Waals surface area contributed by atoms with Crippen molar-refractivity contribution < 1.29 is 61.0 Å². The molecule has 1 unspecified atom stereocenters. The lowest BCUT2D eigenvalue weighted by Crippen LogP contribution is -2.41. The number of aromatic amines is 5. The first kappa shape index (κ1) is 100. The molecule has 5 aliphatic carbocycles. The molecule has 0 aromatic carbocycles. The van der Waals surface area contributed by atoms with Crippen molar-refractivity contribution in [1.82, 2.24) is 101 Å². The summed E-state index contributed by atoms with van der Waals surface area (Å²) < 4.78 is 83.6. The van der Waals surface area contributed by atoms with Gasteiger partial charge in [0.25, 0.3) is 0 Å². The minimum absolute atomic E-state index is 0.0177. The Bertz CT molecular complexity index is 6650. The van der Waals surface area contributed by atoms with Crippen LogP contribution in [-0.4, -0.2) is 152 Å². The minimum atomic E-state index is -0.557. The van der Waals surface area contributed by atoms with Crippen molar-refractivity contribution >= 4 is 187 Å². The number of hydrogen-bond donors (Lipinski definition) is 13. The van der Waals surface area contributed by atoms with Gasteiger partial charge in [0.2, 0.25) is 0 Å². The number of nitrogens with zero attached hydrogens (tertiary/aromatic N) is 15. The van der Waals surface area contributed by atoms with Gasteiger partial charge in [-0.05, 0) is 232 Å². The largest absolute Gasteiger partial charge is 0.505 e. The average molecular weight is 2130 g/mol. The van der Waals surface area contributed by atoms with Crippen molar-refractivity contribution in [3.8, 4) is 42.8 Å². The van der Waals surface area contributed by atoms with Gasteiger partial charge in [-0.2, -0.15) is 25.5 Å². The number of thiophene rings is 6. The summed E-state index contributed by atoms with van der Waals surface area (Å²) in [5.74, 6) is 5.00. The number of aromatic nitrogens is 20. The van der Waals surface area contributed by atoms with Gasteiger partial charge < -0.3 is 51.2 Å². The molecule has 16 aromatic rings. The summed E-state index contributed by atoms with van der Waals surface area (Å²) in [6.07, 6.45) is 15.7. The second kappa shape index (κ2) is 43.9. The number of halogens is 7. The van der Waals surface area contributed by atoms with Crippen LogP contribution in [-0.2, 0) is 9.31 Å². The summed E-state index contributed by atoms with van der Waals surface area (Å²) in [6, 6.07) is 31.2. The Balaban J connectivity index is 0.000000119. The first-order valence-corrected chi connectivity index (χ1v) is 50.6. The lowest BCUT2D eigenvalue weighted by molar-refractivity contribution is 0.00578. The Kier molecular flexibility index (Phi) is 31.6. The number of aliphatic hydroxyl groups is 3. The van der Waals surface area contributed by atoms with Crippen molar-refractivity contribution in [2.45, 2.75) is 193 Å². The highest BCUT2D eigenvalue weighted by Gasteiger charge is 2.52. The van der Waals surface area contributed by atoms with E-state index in [9.17, 15) is 51.7 Å². The van der Waals surface area contributed by atoms with E-state index in [0.29, 0.717) is 96.5 Å². The third kappa shape index (κ3) is 26.6. The van der Waals surface area contributed by atoms with Crippen molar-refractivity contribution in [3.63, 3.8) is 0 Å². The van der Waals surface area contributed by atoms with Gasteiger partial charge in [0.1, 0.15) is 0 Å². The van der Waals surface area contributed by atoms with Crippen molar-refractivity contribution in [2.24, 2.45) is 0 Å². The van der Waals surface area contributed by atoms with Gasteiger partial charge in [0.15, 0.2) is 133 Å². The fourth-order valence-electron chi connectivity index (χ4n) is 13.2. The first-order valence-electron chi connectivity index (χ1n) is 44.1. The monoisotopic (exact) mass is 2130 g/mol. The minimum Gasteiger partial charge on any atom is -0.399 e. The van der Waals surface area contributed by atoms with Crippen LogP contribution in [0.4, 0.5) is 80.1 Å². The molecule has 0 spiro atoms. The Hall–Kier alpha value is -11.9. The van der Waals surface area contributed by atoms with Gasteiger partial charge in [-0.25, -0.2) is 71.8 Å². The van der Waals surface area contributed by atoms with Gasteiger partial charge in [-0.3, -0.25) is 39.9 Å². The van der Waals surface area contributed by atoms with E-state index < -0.39 is 47.4 Å². The quantitative estimate of drug-likeness (QED) is 0.0104. The molecule has 722 valence electrons. The molecule has 33 nitrogen and oxygen atoms in total. The highest BCUT2D eigenvalue weighted by Crippen LogP contribution is 2.46. The molecule has 47 heteroatoms. The fourth-order valence-corrected chi connectivity index (χ4v) is 19.2. The Morgan fingerprint density at radius 1 is 0.374 bits per heavy atom. The van der Waals surface area contributed by atoms with Crippen LogP contribution in [0.1, 0.15) is 253 Å². The third-order valence-electron chi connectivity index (χ3n) is 22.3. The molecule has 17 heterocycles. The predicted octanol–water partition coefficient (Wildman–Crippen LogP) is 22.8. The SMILES string of the molecule is CC(=O)c1ccc(-c2ncc(F)c(Nc3cc(C4CC4)[nH]n3)n2)s1.CC(=O)c1ccc(B2OC(C)(C)C(C)(C)O2)s1.CC(=O)c1ccc(Br)s1.CC(O)c1ccc(-c2ncc(F)c(Nc3cc(C4CC4)[nH]n3)n2)s1.C[C@@H](O)c1ccc(-c2ncc(F)c(Nc3cc(C4CC4)[nH]n3)n2)s1.C[C@H](O)c1ccc(-c2ncc(F)c(Nc3cc(C4CC4)[nH]n3)n2)s1.Fc1cnc(Br)nc1Nc1cc(C2CC2)[nH]n1. The van der Waals surface area contributed by atoms with Gasteiger partial charge in [-0.15, -0.1) is 68.0 Å². The molecule has 16 aromatic heterocycles. The molecule has 1 saturated heterocycles. The predicted molar refractivity (Wildman–Crippen MR) is 534 cm³/mol. The smallest absolute Gasteiger partial charge is 0.399 e. The highest BCUT2D eigenvalue weighted by atomic mass is 79.9. The number of aliphatic hydroxyl groups excluding tert-OH is 3. The second-order valence-electron chi connectivity index (χ2n) is 34.3. The van der Waals surface area contributed by atoms with E-state index in [0.717, 1.165) is 158 Å². The van der Waals surface area contributed by atoms with Crippen LogP contribution in [0.2, 0.25) is 0 Å². The van der Waals surface area contributed by atoms with Crippen LogP contribution in [0.15, 0.2) is 143 Å². The Morgan fingerprint density at radius 3 is 0.885 bits per heavy atom. The average Bonchev–Trinajstić information content (AvgIpc) is 1.62. The maximum absolute atomic E-state index is 14.0. The number of H-pyrrole nitrogens is 5. The number of nitrogens with one attached hydrogen (secondary N) is 10. The summed E-state index contributed by atoms with van der Waals surface area (Å²) in [5.41, 5.74) is 4.65. The summed E-state index contributed by atoms with van der Waals surface area (Å²) in [7, 11) is -0.363. The molecule has 0 amide bonds. The Labute approximate surface area is 834 Å². The van der Waals surface area contributed by atoms with E-state index in [1.54, 1.807) is 46.8 Å². The molecule has 22 rings (SSSR count). The Morgan fingerprint density at radius 2 is 0.633 bits per heavy atom. The molecule has 6 fully saturated rings.